The number of rotatable bonds is 3. The summed E-state index contributed by atoms with van der Waals surface area (Å²) in [7, 11) is 0. The van der Waals surface area contributed by atoms with Crippen LogP contribution < -0.4 is 0 Å². The third-order valence-electron chi connectivity index (χ3n) is 8.92. The van der Waals surface area contributed by atoms with Crippen LogP contribution >= 0.6 is 0 Å². The van der Waals surface area contributed by atoms with Gasteiger partial charge in [0.1, 0.15) is 22.3 Å². The van der Waals surface area contributed by atoms with Crippen LogP contribution in [0.3, 0.4) is 0 Å². The lowest BCUT2D eigenvalue weighted by atomic mass is 9.83. The summed E-state index contributed by atoms with van der Waals surface area (Å²) in [5, 5.41) is 3.46. The van der Waals surface area contributed by atoms with Crippen molar-refractivity contribution in [3.63, 3.8) is 0 Å². The molecule has 0 saturated heterocycles. The second-order valence-corrected chi connectivity index (χ2v) is 11.4. The lowest BCUT2D eigenvalue weighted by Gasteiger charge is -2.20. The summed E-state index contributed by atoms with van der Waals surface area (Å²) in [5.41, 5.74) is 5.19. The Morgan fingerprint density at radius 3 is 1.57 bits per heavy atom. The third-order valence-corrected chi connectivity index (χ3v) is 8.92. The summed E-state index contributed by atoms with van der Waals surface area (Å²) < 4.78 is 86.9. The van der Waals surface area contributed by atoms with Crippen LogP contribution in [0.1, 0.15) is 11.0 Å². The molecular weight excluding hydrogens is 560 g/mol. The Hall–Kier alpha value is -6.12. The Morgan fingerprint density at radius 1 is 0.391 bits per heavy atom. The summed E-state index contributed by atoms with van der Waals surface area (Å²) in [6.07, 6.45) is 0. The molecule has 2 nitrogen and oxygen atoms in total. The first-order valence-electron chi connectivity index (χ1n) is 19.0. The van der Waals surface area contributed by atoms with Gasteiger partial charge in [-0.3, -0.25) is 0 Å². The first-order chi connectivity index (χ1) is 26.2. The van der Waals surface area contributed by atoms with Crippen molar-refractivity contribution in [3.05, 3.63) is 158 Å². The molecule has 46 heavy (non-hydrogen) atoms. The molecule has 0 unspecified atom stereocenters. The largest absolute Gasteiger partial charge is 0.455 e. The van der Waals surface area contributed by atoms with Gasteiger partial charge in [0, 0.05) is 27.3 Å². The van der Waals surface area contributed by atoms with Crippen LogP contribution in [-0.2, 0) is 0 Å². The second-order valence-electron chi connectivity index (χ2n) is 11.4. The van der Waals surface area contributed by atoms with E-state index in [0.29, 0.717) is 38.8 Å². The molecule has 0 aliphatic rings. The predicted octanol–water partition coefficient (Wildman–Crippen LogP) is 12.8. The molecular formula is C44H26O2. The standard InChI is InChI=1S/C44H26O2/c1-2-14-27(15-3-1)28-16-4-5-18-30(28)40-31-19-6-8-21-33(31)41(34-22-9-7-20-32(34)40)37-26-36-29-17-10-12-24-38(29)45-43(36)42-35-23-11-13-25-39(35)46-44(37)42/h1-26H/i6D,7D,8D,9D,19D,20D,21D,22D. The van der Waals surface area contributed by atoms with Gasteiger partial charge < -0.3 is 8.83 Å². The zero-order chi connectivity index (χ0) is 37.2. The maximum absolute atomic E-state index is 9.54. The average molecular weight is 595 g/mol. The highest BCUT2D eigenvalue weighted by atomic mass is 16.3. The number of hydrogen-bond acceptors (Lipinski definition) is 2. The molecule has 214 valence electrons. The molecule has 8 aromatic carbocycles. The van der Waals surface area contributed by atoms with E-state index in [4.69, 9.17) is 14.3 Å². The highest BCUT2D eigenvalue weighted by Crippen LogP contribution is 2.50. The first kappa shape index (κ1) is 18.6. The number of benzene rings is 8. The number of para-hydroxylation sites is 2. The number of furan rings is 2. The number of hydrogen-bond donors (Lipinski definition) is 0. The molecule has 0 atom stereocenters. The minimum absolute atomic E-state index is 0.116. The van der Waals surface area contributed by atoms with Crippen LogP contribution in [0.4, 0.5) is 0 Å². The van der Waals surface area contributed by atoms with E-state index in [-0.39, 0.29) is 56.8 Å². The van der Waals surface area contributed by atoms with Crippen molar-refractivity contribution >= 4 is 65.4 Å². The number of fused-ring (bicyclic) bond motifs is 9. The lowest BCUT2D eigenvalue weighted by molar-refractivity contribution is 0.663. The quantitative estimate of drug-likeness (QED) is 0.190. The molecule has 0 radical (unpaired) electrons. The van der Waals surface area contributed by atoms with Crippen LogP contribution in [0, 0.1) is 0 Å². The topological polar surface area (TPSA) is 26.3 Å². The Bertz CT molecular complexity index is 3170. The van der Waals surface area contributed by atoms with Crippen molar-refractivity contribution in [2.24, 2.45) is 0 Å². The molecule has 10 aromatic rings. The minimum Gasteiger partial charge on any atom is -0.455 e. The Balaban J connectivity index is 1.53. The van der Waals surface area contributed by atoms with Gasteiger partial charge in [-0.15, -0.1) is 0 Å². The summed E-state index contributed by atoms with van der Waals surface area (Å²) in [6, 6.07) is 30.8. The van der Waals surface area contributed by atoms with Crippen molar-refractivity contribution in [2.45, 2.75) is 0 Å². The molecule has 0 amide bonds. The molecule has 0 saturated carbocycles. The van der Waals surface area contributed by atoms with Gasteiger partial charge in [-0.05, 0) is 62.0 Å². The molecule has 10 rings (SSSR count). The fourth-order valence-corrected chi connectivity index (χ4v) is 6.98. The maximum Gasteiger partial charge on any atom is 0.147 e. The molecule has 0 spiro atoms. The third kappa shape index (κ3) is 3.53. The summed E-state index contributed by atoms with van der Waals surface area (Å²) in [4.78, 5) is 0. The average Bonchev–Trinajstić information content (AvgIpc) is 3.78. The van der Waals surface area contributed by atoms with Gasteiger partial charge in [-0.1, -0.05) is 139 Å². The van der Waals surface area contributed by atoms with E-state index < -0.39 is 24.2 Å². The molecule has 0 fully saturated rings. The minimum atomic E-state index is -0.466. The van der Waals surface area contributed by atoms with Crippen molar-refractivity contribution < 1.29 is 19.8 Å². The molecule has 0 N–H and O–H groups in total. The highest BCUT2D eigenvalue weighted by molar-refractivity contribution is 6.30. The van der Waals surface area contributed by atoms with Gasteiger partial charge in [0.15, 0.2) is 0 Å². The smallest absolute Gasteiger partial charge is 0.147 e. The van der Waals surface area contributed by atoms with E-state index >= 15 is 0 Å². The van der Waals surface area contributed by atoms with Gasteiger partial charge >= 0.3 is 0 Å². The fraction of sp³-hybridized carbons (Fsp3) is 0. The second kappa shape index (κ2) is 9.69. The van der Waals surface area contributed by atoms with E-state index in [2.05, 4.69) is 0 Å². The van der Waals surface area contributed by atoms with Gasteiger partial charge in [-0.2, -0.15) is 0 Å². The van der Waals surface area contributed by atoms with Gasteiger partial charge in [0.2, 0.25) is 0 Å². The van der Waals surface area contributed by atoms with Crippen molar-refractivity contribution in [2.75, 3.05) is 0 Å². The van der Waals surface area contributed by atoms with E-state index in [0.717, 1.165) is 27.3 Å². The Kier molecular flexibility index (Phi) is 3.92. The molecule has 0 aliphatic carbocycles. The monoisotopic (exact) mass is 594 g/mol. The van der Waals surface area contributed by atoms with E-state index in [1.807, 2.05) is 109 Å². The summed E-state index contributed by atoms with van der Waals surface area (Å²) >= 11 is 0. The molecule has 2 aromatic heterocycles. The zero-order valence-electron chi connectivity index (χ0n) is 32.2. The SMILES string of the molecule is [2H]c1c([2H])c([2H])c2c(-c3cc4c5ccccc5oc4c4c3oc3ccccc34)c3c([2H])c([2H])c([2H])c([2H])c3c(-c3ccccc3-c3ccccc3)c2c1[2H]. The van der Waals surface area contributed by atoms with Gasteiger partial charge in [0.25, 0.3) is 0 Å². The van der Waals surface area contributed by atoms with E-state index in [1.165, 1.54) is 0 Å². The van der Waals surface area contributed by atoms with Gasteiger partial charge in [0.05, 0.1) is 16.4 Å². The van der Waals surface area contributed by atoms with Crippen LogP contribution in [0.5, 0.6) is 0 Å². The molecule has 2 heteroatoms. The van der Waals surface area contributed by atoms with Crippen molar-refractivity contribution in [1.82, 2.24) is 0 Å². The van der Waals surface area contributed by atoms with Crippen LogP contribution in [0.2, 0.25) is 0 Å². The van der Waals surface area contributed by atoms with Crippen LogP contribution in [-0.4, -0.2) is 0 Å². The molecule has 0 bridgehead atoms. The summed E-state index contributed by atoms with van der Waals surface area (Å²) in [6.45, 7) is 0. The lowest BCUT2D eigenvalue weighted by Crippen LogP contribution is -1.93. The maximum atomic E-state index is 9.54. The van der Waals surface area contributed by atoms with E-state index in [9.17, 15) is 5.48 Å². The van der Waals surface area contributed by atoms with Crippen LogP contribution in [0.15, 0.2) is 166 Å². The van der Waals surface area contributed by atoms with Gasteiger partial charge in [-0.25, -0.2) is 0 Å². The Morgan fingerprint density at radius 2 is 0.891 bits per heavy atom. The Labute approximate surface area is 276 Å². The molecule has 2 heterocycles. The van der Waals surface area contributed by atoms with Crippen molar-refractivity contribution in [1.29, 1.82) is 0 Å². The predicted molar refractivity (Wildman–Crippen MR) is 192 cm³/mol. The summed E-state index contributed by atoms with van der Waals surface area (Å²) in [5.74, 6) is 0. The fourth-order valence-electron chi connectivity index (χ4n) is 6.98. The normalized spacial score (nSPS) is 14.3. The van der Waals surface area contributed by atoms with E-state index in [1.54, 1.807) is 0 Å². The van der Waals surface area contributed by atoms with Crippen molar-refractivity contribution in [3.8, 4) is 33.4 Å². The highest BCUT2D eigenvalue weighted by Gasteiger charge is 2.24. The first-order valence-corrected chi connectivity index (χ1v) is 15.0. The van der Waals surface area contributed by atoms with Crippen LogP contribution in [0.25, 0.3) is 98.8 Å². The zero-order valence-corrected chi connectivity index (χ0v) is 24.2. The molecule has 0 aliphatic heterocycles.